The number of likely N-dealkylation sites (N-methyl/N-ethyl adjacent to an activating group) is 1. The van der Waals surface area contributed by atoms with Gasteiger partial charge in [0.15, 0.2) is 0 Å². The molecule has 2 aromatic heterocycles. The van der Waals surface area contributed by atoms with Crippen LogP contribution in [0.25, 0.3) is 11.0 Å². The number of anilines is 5. The number of aliphatic carboxylic acids is 1. The molecule has 2 aliphatic rings. The van der Waals surface area contributed by atoms with Crippen LogP contribution in [-0.2, 0) is 9.36 Å². The van der Waals surface area contributed by atoms with Crippen LogP contribution < -0.4 is 25.6 Å². The van der Waals surface area contributed by atoms with E-state index in [9.17, 15) is 17.7 Å². The molecule has 52 heavy (non-hydrogen) atoms. The molecule has 4 heterocycles. The number of alkyl halides is 3. The van der Waals surface area contributed by atoms with E-state index in [1.54, 1.807) is 39.0 Å². The summed E-state index contributed by atoms with van der Waals surface area (Å²) in [6.45, 7) is 12.3. The maximum atomic E-state index is 13.4. The first-order valence-corrected chi connectivity index (χ1v) is 20.0. The number of aromatic nitrogens is 4. The number of fused-ring (bicyclic) bond motifs is 1. The van der Waals surface area contributed by atoms with Crippen molar-refractivity contribution in [3.8, 4) is 5.75 Å². The van der Waals surface area contributed by atoms with Gasteiger partial charge >= 0.3 is 12.1 Å². The van der Waals surface area contributed by atoms with Crippen molar-refractivity contribution in [3.05, 3.63) is 52.9 Å². The van der Waals surface area contributed by atoms with Gasteiger partial charge in [-0.1, -0.05) is 0 Å². The lowest BCUT2D eigenvalue weighted by molar-refractivity contribution is -0.192. The molecule has 0 aliphatic carbocycles. The summed E-state index contributed by atoms with van der Waals surface area (Å²) in [4.78, 5) is 34.6. The van der Waals surface area contributed by atoms with Gasteiger partial charge in [0.1, 0.15) is 24.2 Å². The lowest BCUT2D eigenvalue weighted by Crippen LogP contribution is -2.52. The number of carboxylic acids is 1. The monoisotopic (exact) mass is 807 g/mol. The number of carboxylic acid groups (broad SMARTS) is 1. The predicted molar refractivity (Wildman–Crippen MR) is 201 cm³/mol. The fourth-order valence-electron chi connectivity index (χ4n) is 6.48. The number of ether oxygens (including phenoxy) is 1. The Morgan fingerprint density at radius 2 is 1.62 bits per heavy atom. The van der Waals surface area contributed by atoms with Crippen LogP contribution in [0.1, 0.15) is 18.4 Å². The van der Waals surface area contributed by atoms with E-state index in [2.05, 4.69) is 76.3 Å². The van der Waals surface area contributed by atoms with Crippen LogP contribution in [-0.4, -0.2) is 120 Å². The molecule has 0 amide bonds. The summed E-state index contributed by atoms with van der Waals surface area (Å²) in [6, 6.07) is 8.60. The fraction of sp³-hybridized carbons (Fsp3) is 0.441. The van der Waals surface area contributed by atoms with Gasteiger partial charge in [0.25, 0.3) is 0 Å². The minimum atomic E-state index is -5.08. The third-order valence-electron chi connectivity index (χ3n) is 9.08. The minimum absolute atomic E-state index is 0.400. The van der Waals surface area contributed by atoms with Crippen molar-refractivity contribution in [2.24, 2.45) is 0 Å². The Bertz CT molecular complexity index is 1950. The molecule has 0 spiro atoms. The van der Waals surface area contributed by atoms with Gasteiger partial charge in [0.05, 0.1) is 33.8 Å². The van der Waals surface area contributed by atoms with E-state index in [1.807, 2.05) is 18.2 Å². The zero-order valence-electron chi connectivity index (χ0n) is 29.5. The number of nitrogens with one attached hydrogen (secondary N) is 2. The van der Waals surface area contributed by atoms with Crippen molar-refractivity contribution in [2.75, 3.05) is 82.3 Å². The number of hydrogen-bond acceptors (Lipinski definition) is 12. The Balaban J connectivity index is 0.000000679. The molecule has 2 aromatic carbocycles. The second-order valence-corrected chi connectivity index (χ2v) is 17.0. The molecular formula is C34H42BrF3N9O4P. The highest BCUT2D eigenvalue weighted by atomic mass is 79.9. The van der Waals surface area contributed by atoms with E-state index in [-0.39, 0.29) is 0 Å². The molecule has 6 rings (SSSR count). The zero-order chi connectivity index (χ0) is 37.8. The molecule has 0 atom stereocenters. The van der Waals surface area contributed by atoms with E-state index in [0.717, 1.165) is 43.2 Å². The Kier molecular flexibility index (Phi) is 12.3. The fourth-order valence-corrected chi connectivity index (χ4v) is 8.16. The molecule has 4 aromatic rings. The van der Waals surface area contributed by atoms with Crippen molar-refractivity contribution in [1.82, 2.24) is 29.7 Å². The van der Waals surface area contributed by atoms with Crippen LogP contribution >= 0.6 is 23.1 Å². The van der Waals surface area contributed by atoms with Gasteiger partial charge in [-0.05, 0) is 80.3 Å². The number of halogens is 4. The first-order valence-electron chi connectivity index (χ1n) is 16.6. The summed E-state index contributed by atoms with van der Waals surface area (Å²) in [5.41, 5.74) is 5.03. The third kappa shape index (κ3) is 9.29. The van der Waals surface area contributed by atoms with Crippen LogP contribution in [0.4, 0.5) is 42.0 Å². The topological polar surface area (TPSA) is 149 Å². The Morgan fingerprint density at radius 1 is 0.981 bits per heavy atom. The molecular weight excluding hydrogens is 766 g/mol. The van der Waals surface area contributed by atoms with Gasteiger partial charge in [-0.2, -0.15) is 18.2 Å². The predicted octanol–water partition coefficient (Wildman–Crippen LogP) is 6.08. The van der Waals surface area contributed by atoms with E-state index in [0.29, 0.717) is 44.3 Å². The van der Waals surface area contributed by atoms with Crippen molar-refractivity contribution < 1.29 is 32.4 Å². The first kappa shape index (κ1) is 39.2. The summed E-state index contributed by atoms with van der Waals surface area (Å²) >= 11 is 3.58. The van der Waals surface area contributed by atoms with Crippen LogP contribution in [0.15, 0.2) is 47.3 Å². The standard InChI is InChI=1S/C32H41BrN9O2P.C2HF3O2/c1-21-27(42-14-10-22(11-15-42)41-18-16-40(2)17-19-41)9-8-25(29(21)44-3)38-32-36-20-23(33)31(39-32)37-26-7-6-24-28(35-13-12-34-24)30(26)45(4,5)43;3-2(4,5)1(6)7/h6-9,12-13,20,22H,10-11,14-19H2,1-5H3,(H2,36,37,38,39);(H,6,7). The summed E-state index contributed by atoms with van der Waals surface area (Å²) < 4.78 is 51.7. The number of carbonyl (C=O) groups is 1. The third-order valence-corrected chi connectivity index (χ3v) is 11.2. The molecule has 2 aliphatic heterocycles. The van der Waals surface area contributed by atoms with Crippen LogP contribution in [0.5, 0.6) is 5.75 Å². The zero-order valence-corrected chi connectivity index (χ0v) is 32.0. The van der Waals surface area contributed by atoms with Crippen molar-refractivity contribution in [1.29, 1.82) is 0 Å². The SMILES string of the molecule is COc1c(Nc2ncc(Br)c(Nc3ccc4nccnc4c3P(C)(C)=O)n2)ccc(N2CCC(N3CCN(C)CC3)CC2)c1C.O=C(O)C(F)(F)F. The number of hydrogen-bond donors (Lipinski definition) is 3. The molecule has 0 unspecified atom stereocenters. The van der Waals surface area contributed by atoms with Crippen LogP contribution in [0.3, 0.4) is 0 Å². The number of piperazine rings is 1. The Labute approximate surface area is 308 Å². The maximum Gasteiger partial charge on any atom is 0.490 e. The number of benzene rings is 2. The van der Waals surface area contributed by atoms with E-state index in [4.69, 9.17) is 19.6 Å². The van der Waals surface area contributed by atoms with Gasteiger partial charge in [-0.15, -0.1) is 0 Å². The van der Waals surface area contributed by atoms with Gasteiger partial charge < -0.3 is 34.8 Å². The average molecular weight is 809 g/mol. The van der Waals surface area contributed by atoms with E-state index < -0.39 is 19.3 Å². The van der Waals surface area contributed by atoms with Crippen molar-refractivity contribution in [2.45, 2.75) is 32.0 Å². The molecule has 13 nitrogen and oxygen atoms in total. The molecule has 3 N–H and O–H groups in total. The molecule has 0 saturated carbocycles. The first-order chi connectivity index (χ1) is 24.6. The van der Waals surface area contributed by atoms with Gasteiger partial charge in [0.2, 0.25) is 5.95 Å². The highest BCUT2D eigenvalue weighted by Gasteiger charge is 2.38. The largest absolute Gasteiger partial charge is 0.494 e. The molecule has 2 saturated heterocycles. The second kappa shape index (κ2) is 16.3. The summed E-state index contributed by atoms with van der Waals surface area (Å²) in [5.74, 6) is -1.06. The maximum absolute atomic E-state index is 13.4. The van der Waals surface area contributed by atoms with Crippen molar-refractivity contribution in [3.63, 3.8) is 0 Å². The Hall–Kier alpha value is -4.05. The van der Waals surface area contributed by atoms with Crippen LogP contribution in [0, 0.1) is 6.92 Å². The summed E-state index contributed by atoms with van der Waals surface area (Å²) in [6.07, 6.45) is 2.20. The van der Waals surface area contributed by atoms with Gasteiger partial charge in [-0.3, -0.25) is 14.9 Å². The quantitative estimate of drug-likeness (QED) is 0.177. The van der Waals surface area contributed by atoms with Crippen LogP contribution in [0.2, 0.25) is 0 Å². The van der Waals surface area contributed by atoms with Crippen molar-refractivity contribution >= 4 is 74.2 Å². The van der Waals surface area contributed by atoms with Gasteiger partial charge in [0, 0.05) is 75.2 Å². The number of rotatable bonds is 8. The number of piperidine rings is 1. The molecule has 18 heteroatoms. The van der Waals surface area contributed by atoms with E-state index in [1.165, 1.54) is 31.6 Å². The highest BCUT2D eigenvalue weighted by molar-refractivity contribution is 9.10. The normalized spacial score (nSPS) is 16.3. The lowest BCUT2D eigenvalue weighted by Gasteiger charge is -2.43. The Morgan fingerprint density at radius 3 is 2.23 bits per heavy atom. The molecule has 0 bridgehead atoms. The number of nitrogens with zero attached hydrogens (tertiary/aromatic N) is 7. The molecule has 2 fully saturated rings. The van der Waals surface area contributed by atoms with Gasteiger partial charge in [-0.25, -0.2) is 9.78 Å². The van der Waals surface area contributed by atoms with E-state index >= 15 is 0 Å². The molecule has 0 radical (unpaired) electrons. The second-order valence-electron chi connectivity index (χ2n) is 13.0. The lowest BCUT2D eigenvalue weighted by atomic mass is 10.0. The number of methoxy groups -OCH3 is 1. The highest BCUT2D eigenvalue weighted by Crippen LogP contribution is 2.42. The average Bonchev–Trinajstić information content (AvgIpc) is 3.09. The summed E-state index contributed by atoms with van der Waals surface area (Å²) in [7, 11) is 1.18. The minimum Gasteiger partial charge on any atom is -0.494 e. The summed E-state index contributed by atoms with van der Waals surface area (Å²) in [5, 5.41) is 14.5. The molecule has 280 valence electrons. The smallest absolute Gasteiger partial charge is 0.490 e.